The minimum atomic E-state index is -0.315. The van der Waals surface area contributed by atoms with Crippen LogP contribution in [0.5, 0.6) is 0 Å². The minimum absolute atomic E-state index is 0.315. The Morgan fingerprint density at radius 3 is 3.00 bits per heavy atom. The van der Waals surface area contributed by atoms with E-state index in [2.05, 4.69) is 33.2 Å². The quantitative estimate of drug-likeness (QED) is 0.821. The summed E-state index contributed by atoms with van der Waals surface area (Å²) in [4.78, 5) is 4.19. The van der Waals surface area contributed by atoms with Crippen LogP contribution in [0.15, 0.2) is 33.3 Å². The van der Waals surface area contributed by atoms with E-state index < -0.39 is 0 Å². The highest BCUT2D eigenvalue weighted by atomic mass is 79.9. The largest absolute Gasteiger partial charge is 0.441 e. The fraction of sp³-hybridized carbons (Fsp3) is 0.357. The number of benzene rings is 1. The van der Waals surface area contributed by atoms with E-state index in [-0.39, 0.29) is 5.82 Å². The second kappa shape index (κ2) is 6.82. The van der Waals surface area contributed by atoms with Crippen LogP contribution in [0.1, 0.15) is 19.2 Å². The molecule has 102 valence electrons. The van der Waals surface area contributed by atoms with Crippen molar-refractivity contribution in [1.82, 2.24) is 10.3 Å². The second-order valence-corrected chi connectivity index (χ2v) is 5.03. The minimum Gasteiger partial charge on any atom is -0.441 e. The fourth-order valence-electron chi connectivity index (χ4n) is 1.82. The summed E-state index contributed by atoms with van der Waals surface area (Å²) in [5.74, 6) is 0.788. The number of nitrogens with zero attached hydrogens (tertiary/aromatic N) is 1. The van der Waals surface area contributed by atoms with Gasteiger partial charge in [-0.25, -0.2) is 9.37 Å². The van der Waals surface area contributed by atoms with Gasteiger partial charge >= 0.3 is 0 Å². The van der Waals surface area contributed by atoms with Gasteiger partial charge in [-0.05, 0) is 47.6 Å². The van der Waals surface area contributed by atoms with Gasteiger partial charge in [-0.3, -0.25) is 0 Å². The van der Waals surface area contributed by atoms with E-state index in [0.717, 1.165) is 25.9 Å². The van der Waals surface area contributed by atoms with Crippen molar-refractivity contribution in [1.29, 1.82) is 0 Å². The van der Waals surface area contributed by atoms with Crippen molar-refractivity contribution in [3.63, 3.8) is 0 Å². The van der Waals surface area contributed by atoms with Crippen molar-refractivity contribution in [2.24, 2.45) is 0 Å². The third-order valence-corrected chi connectivity index (χ3v) is 3.42. The Bertz CT molecular complexity index is 522. The molecule has 0 aliphatic carbocycles. The van der Waals surface area contributed by atoms with Gasteiger partial charge in [0.15, 0.2) is 11.7 Å². The molecule has 1 heterocycles. The molecule has 2 aromatic rings. The van der Waals surface area contributed by atoms with Crippen LogP contribution >= 0.6 is 15.9 Å². The molecule has 0 aliphatic heterocycles. The first kappa shape index (κ1) is 14.2. The lowest BCUT2D eigenvalue weighted by molar-refractivity contribution is 0.489. The maximum atomic E-state index is 13.8. The summed E-state index contributed by atoms with van der Waals surface area (Å²) in [7, 11) is 0. The number of hydrogen-bond donors (Lipinski definition) is 1. The monoisotopic (exact) mass is 326 g/mol. The second-order valence-electron chi connectivity index (χ2n) is 4.17. The molecule has 1 N–H and O–H groups in total. The summed E-state index contributed by atoms with van der Waals surface area (Å²) in [5.41, 5.74) is 0.424. The smallest absolute Gasteiger partial charge is 0.194 e. The molecule has 0 bridgehead atoms. The van der Waals surface area contributed by atoms with Gasteiger partial charge in [-0.1, -0.05) is 13.0 Å². The Morgan fingerprint density at radius 2 is 2.26 bits per heavy atom. The summed E-state index contributed by atoms with van der Waals surface area (Å²) in [6.07, 6.45) is 3.27. The predicted molar refractivity (Wildman–Crippen MR) is 76.5 cm³/mol. The van der Waals surface area contributed by atoms with Crippen molar-refractivity contribution < 1.29 is 8.81 Å². The molecule has 0 unspecified atom stereocenters. The zero-order valence-electron chi connectivity index (χ0n) is 10.7. The summed E-state index contributed by atoms with van der Waals surface area (Å²) >= 11 is 3.33. The third kappa shape index (κ3) is 3.64. The van der Waals surface area contributed by atoms with Gasteiger partial charge in [0.05, 0.1) is 11.8 Å². The van der Waals surface area contributed by atoms with Gasteiger partial charge in [-0.2, -0.15) is 0 Å². The van der Waals surface area contributed by atoms with Crippen LogP contribution in [0.2, 0.25) is 0 Å². The molecule has 0 aliphatic rings. The zero-order valence-corrected chi connectivity index (χ0v) is 12.3. The summed E-state index contributed by atoms with van der Waals surface area (Å²) < 4.78 is 20.0. The molecular formula is C14H16BrFN2O. The van der Waals surface area contributed by atoms with E-state index in [0.29, 0.717) is 21.7 Å². The van der Waals surface area contributed by atoms with Crippen molar-refractivity contribution in [3.8, 4) is 11.3 Å². The normalized spacial score (nSPS) is 10.9. The zero-order chi connectivity index (χ0) is 13.7. The molecule has 0 amide bonds. The molecular weight excluding hydrogens is 311 g/mol. The van der Waals surface area contributed by atoms with Gasteiger partial charge < -0.3 is 9.73 Å². The Morgan fingerprint density at radius 1 is 1.42 bits per heavy atom. The van der Waals surface area contributed by atoms with Gasteiger partial charge in [0.25, 0.3) is 0 Å². The number of hydrogen-bond acceptors (Lipinski definition) is 3. The highest BCUT2D eigenvalue weighted by Crippen LogP contribution is 2.31. The van der Waals surface area contributed by atoms with E-state index in [9.17, 15) is 4.39 Å². The predicted octanol–water partition coefficient (Wildman–Crippen LogP) is 3.79. The molecule has 1 aromatic carbocycles. The van der Waals surface area contributed by atoms with E-state index in [1.807, 2.05) is 0 Å². The molecule has 0 atom stereocenters. The Labute approximate surface area is 120 Å². The molecule has 0 radical (unpaired) electrons. The number of nitrogens with one attached hydrogen (secondary N) is 1. The lowest BCUT2D eigenvalue weighted by Crippen LogP contribution is -2.14. The average molecular weight is 327 g/mol. The first-order valence-corrected chi connectivity index (χ1v) is 7.11. The van der Waals surface area contributed by atoms with Gasteiger partial charge in [-0.15, -0.1) is 0 Å². The summed E-state index contributed by atoms with van der Waals surface area (Å²) in [5, 5.41) is 3.24. The molecule has 19 heavy (non-hydrogen) atoms. The van der Waals surface area contributed by atoms with Crippen molar-refractivity contribution >= 4 is 15.9 Å². The van der Waals surface area contributed by atoms with Crippen LogP contribution in [0, 0.1) is 5.82 Å². The number of rotatable bonds is 6. The SMILES string of the molecule is CCNCCCc1ncc(-c2c(F)cccc2Br)o1. The number of aromatic nitrogens is 1. The van der Waals surface area contributed by atoms with E-state index in [4.69, 9.17) is 4.42 Å². The van der Waals surface area contributed by atoms with Crippen LogP contribution < -0.4 is 5.32 Å². The molecule has 2 rings (SSSR count). The van der Waals surface area contributed by atoms with Crippen molar-refractivity contribution in [2.45, 2.75) is 19.8 Å². The number of halogens is 2. The Balaban J connectivity index is 2.08. The highest BCUT2D eigenvalue weighted by Gasteiger charge is 2.14. The third-order valence-electron chi connectivity index (χ3n) is 2.76. The molecule has 0 saturated carbocycles. The van der Waals surface area contributed by atoms with Crippen molar-refractivity contribution in [3.05, 3.63) is 40.6 Å². The average Bonchev–Trinajstić information content (AvgIpc) is 2.83. The van der Waals surface area contributed by atoms with Gasteiger partial charge in [0.2, 0.25) is 0 Å². The van der Waals surface area contributed by atoms with Crippen LogP contribution in [-0.2, 0) is 6.42 Å². The topological polar surface area (TPSA) is 38.1 Å². The maximum Gasteiger partial charge on any atom is 0.194 e. The highest BCUT2D eigenvalue weighted by molar-refractivity contribution is 9.10. The molecule has 3 nitrogen and oxygen atoms in total. The number of aryl methyl sites for hydroxylation is 1. The molecule has 5 heteroatoms. The Kier molecular flexibility index (Phi) is 5.10. The molecule has 0 fully saturated rings. The van der Waals surface area contributed by atoms with E-state index in [1.54, 1.807) is 18.3 Å². The number of oxazole rings is 1. The summed E-state index contributed by atoms with van der Waals surface area (Å²) in [6.45, 7) is 3.95. The molecule has 0 saturated heterocycles. The standard InChI is InChI=1S/C14H16BrFN2O/c1-2-17-8-4-7-13-18-9-12(19-13)14-10(15)5-3-6-11(14)16/h3,5-6,9,17H,2,4,7-8H2,1H3. The van der Waals surface area contributed by atoms with E-state index >= 15 is 0 Å². The van der Waals surface area contributed by atoms with Crippen LogP contribution in [0.4, 0.5) is 4.39 Å². The molecule has 1 aromatic heterocycles. The van der Waals surface area contributed by atoms with Gasteiger partial charge in [0, 0.05) is 10.9 Å². The first-order chi connectivity index (χ1) is 9.22. The lowest BCUT2D eigenvalue weighted by Gasteiger charge is -2.02. The van der Waals surface area contributed by atoms with Crippen molar-refractivity contribution in [2.75, 3.05) is 13.1 Å². The van der Waals surface area contributed by atoms with Crippen LogP contribution in [0.3, 0.4) is 0 Å². The Hall–Kier alpha value is -1.20. The first-order valence-electron chi connectivity index (χ1n) is 6.32. The van der Waals surface area contributed by atoms with Crippen LogP contribution in [0.25, 0.3) is 11.3 Å². The van der Waals surface area contributed by atoms with E-state index in [1.165, 1.54) is 6.07 Å². The fourth-order valence-corrected chi connectivity index (χ4v) is 2.35. The van der Waals surface area contributed by atoms with Crippen LogP contribution in [-0.4, -0.2) is 18.1 Å². The van der Waals surface area contributed by atoms with Gasteiger partial charge in [0.1, 0.15) is 5.82 Å². The summed E-state index contributed by atoms with van der Waals surface area (Å²) in [6, 6.07) is 4.84. The molecule has 0 spiro atoms. The lowest BCUT2D eigenvalue weighted by atomic mass is 10.2. The maximum absolute atomic E-state index is 13.8.